The number of methoxy groups -OCH3 is 1. The number of hydrogen-bond acceptors (Lipinski definition) is 3. The summed E-state index contributed by atoms with van der Waals surface area (Å²) in [5.74, 6) is 1.83. The van der Waals surface area contributed by atoms with E-state index in [0.29, 0.717) is 6.54 Å². The van der Waals surface area contributed by atoms with Crippen molar-refractivity contribution < 1.29 is 9.15 Å². The van der Waals surface area contributed by atoms with Crippen molar-refractivity contribution in [1.82, 2.24) is 5.32 Å². The molecule has 0 saturated heterocycles. The van der Waals surface area contributed by atoms with Gasteiger partial charge in [-0.05, 0) is 36.8 Å². The summed E-state index contributed by atoms with van der Waals surface area (Å²) in [5.41, 5.74) is 2.13. The van der Waals surface area contributed by atoms with E-state index in [1.54, 1.807) is 7.11 Å². The van der Waals surface area contributed by atoms with Gasteiger partial charge < -0.3 is 14.5 Å². The molecule has 21 heavy (non-hydrogen) atoms. The van der Waals surface area contributed by atoms with Crippen molar-refractivity contribution in [3.05, 3.63) is 65.9 Å². The molecule has 0 spiro atoms. The van der Waals surface area contributed by atoms with Gasteiger partial charge in [0.15, 0.2) is 0 Å². The zero-order chi connectivity index (χ0) is 14.7. The molecule has 3 heteroatoms. The van der Waals surface area contributed by atoms with Crippen LogP contribution in [0.2, 0.25) is 0 Å². The predicted octanol–water partition coefficient (Wildman–Crippen LogP) is 4.29. The quantitative estimate of drug-likeness (QED) is 0.757. The highest BCUT2D eigenvalue weighted by Crippen LogP contribution is 2.21. The van der Waals surface area contributed by atoms with E-state index in [4.69, 9.17) is 9.15 Å². The average molecular weight is 281 g/mol. The first-order valence-corrected chi connectivity index (χ1v) is 7.11. The first-order valence-electron chi connectivity index (χ1n) is 7.11. The fourth-order valence-corrected chi connectivity index (χ4v) is 2.41. The first kappa shape index (κ1) is 13.7. The number of hydrogen-bond donors (Lipinski definition) is 1. The van der Waals surface area contributed by atoms with E-state index < -0.39 is 0 Å². The smallest absolute Gasteiger partial charge is 0.134 e. The third-order valence-corrected chi connectivity index (χ3v) is 3.65. The molecule has 1 aromatic heterocycles. The van der Waals surface area contributed by atoms with Crippen LogP contribution in [0, 0.1) is 0 Å². The molecule has 3 nitrogen and oxygen atoms in total. The van der Waals surface area contributed by atoms with Crippen molar-refractivity contribution in [3.63, 3.8) is 0 Å². The minimum Gasteiger partial charge on any atom is -0.497 e. The summed E-state index contributed by atoms with van der Waals surface area (Å²) >= 11 is 0. The van der Waals surface area contributed by atoms with Gasteiger partial charge in [-0.1, -0.05) is 30.3 Å². The Hall–Kier alpha value is -2.26. The Bertz CT molecular complexity index is 700. The van der Waals surface area contributed by atoms with Gasteiger partial charge in [0, 0.05) is 11.4 Å². The molecule has 0 radical (unpaired) electrons. The maximum Gasteiger partial charge on any atom is 0.134 e. The summed E-state index contributed by atoms with van der Waals surface area (Å²) in [5, 5.41) is 4.62. The SMILES string of the molecule is COc1cccc(C(C)NCc2cc3ccccc3o2)c1. The molecule has 0 aliphatic carbocycles. The van der Waals surface area contributed by atoms with E-state index in [0.717, 1.165) is 22.5 Å². The number of nitrogens with one attached hydrogen (secondary N) is 1. The van der Waals surface area contributed by atoms with Gasteiger partial charge in [-0.3, -0.25) is 0 Å². The monoisotopic (exact) mass is 281 g/mol. The Morgan fingerprint density at radius 1 is 1.10 bits per heavy atom. The number of fused-ring (bicyclic) bond motifs is 1. The molecule has 0 saturated carbocycles. The van der Waals surface area contributed by atoms with Gasteiger partial charge in [0.25, 0.3) is 0 Å². The Kier molecular flexibility index (Phi) is 3.93. The van der Waals surface area contributed by atoms with E-state index in [9.17, 15) is 0 Å². The van der Waals surface area contributed by atoms with Crippen LogP contribution in [0.15, 0.2) is 59.0 Å². The second-order valence-corrected chi connectivity index (χ2v) is 5.13. The van der Waals surface area contributed by atoms with Crippen LogP contribution in [0.25, 0.3) is 11.0 Å². The van der Waals surface area contributed by atoms with Crippen LogP contribution in [0.5, 0.6) is 5.75 Å². The second-order valence-electron chi connectivity index (χ2n) is 5.13. The van der Waals surface area contributed by atoms with Crippen LogP contribution in [0.4, 0.5) is 0 Å². The topological polar surface area (TPSA) is 34.4 Å². The van der Waals surface area contributed by atoms with E-state index in [1.807, 2.05) is 30.3 Å². The lowest BCUT2D eigenvalue weighted by atomic mass is 10.1. The summed E-state index contributed by atoms with van der Waals surface area (Å²) in [6, 6.07) is 18.5. The van der Waals surface area contributed by atoms with Crippen LogP contribution in [0.3, 0.4) is 0 Å². The molecule has 1 unspecified atom stereocenters. The lowest BCUT2D eigenvalue weighted by Gasteiger charge is -2.14. The molecule has 1 heterocycles. The van der Waals surface area contributed by atoms with Crippen LogP contribution in [-0.4, -0.2) is 7.11 Å². The van der Waals surface area contributed by atoms with E-state index in [2.05, 4.69) is 36.5 Å². The minimum atomic E-state index is 0.230. The summed E-state index contributed by atoms with van der Waals surface area (Å²) in [6.07, 6.45) is 0. The molecular weight excluding hydrogens is 262 g/mol. The van der Waals surface area contributed by atoms with Crippen molar-refractivity contribution in [1.29, 1.82) is 0 Å². The Balaban J connectivity index is 1.68. The number of ether oxygens (including phenoxy) is 1. The third-order valence-electron chi connectivity index (χ3n) is 3.65. The first-order chi connectivity index (χ1) is 10.3. The molecule has 0 aliphatic heterocycles. The van der Waals surface area contributed by atoms with Gasteiger partial charge in [-0.25, -0.2) is 0 Å². The zero-order valence-electron chi connectivity index (χ0n) is 12.3. The molecule has 0 amide bonds. The molecule has 3 rings (SSSR count). The lowest BCUT2D eigenvalue weighted by molar-refractivity contribution is 0.413. The zero-order valence-corrected chi connectivity index (χ0v) is 12.3. The third kappa shape index (κ3) is 3.09. The number of para-hydroxylation sites is 1. The Morgan fingerprint density at radius 2 is 1.95 bits per heavy atom. The highest BCUT2D eigenvalue weighted by Gasteiger charge is 2.08. The molecule has 0 bridgehead atoms. The normalized spacial score (nSPS) is 12.5. The van der Waals surface area contributed by atoms with E-state index in [-0.39, 0.29) is 6.04 Å². The number of benzene rings is 2. The largest absolute Gasteiger partial charge is 0.497 e. The van der Waals surface area contributed by atoms with E-state index >= 15 is 0 Å². The molecule has 1 atom stereocenters. The number of furan rings is 1. The van der Waals surface area contributed by atoms with Gasteiger partial charge in [0.05, 0.1) is 13.7 Å². The average Bonchev–Trinajstić information content (AvgIpc) is 2.95. The summed E-state index contributed by atoms with van der Waals surface area (Å²) in [6.45, 7) is 2.84. The van der Waals surface area contributed by atoms with Crippen molar-refractivity contribution in [3.8, 4) is 5.75 Å². The van der Waals surface area contributed by atoms with Gasteiger partial charge in [0.2, 0.25) is 0 Å². The molecular formula is C18H19NO2. The highest BCUT2D eigenvalue weighted by molar-refractivity contribution is 5.77. The highest BCUT2D eigenvalue weighted by atomic mass is 16.5. The molecule has 108 valence electrons. The van der Waals surface area contributed by atoms with Crippen LogP contribution < -0.4 is 10.1 Å². The lowest BCUT2D eigenvalue weighted by Crippen LogP contribution is -2.17. The standard InChI is InChI=1S/C18H19NO2/c1-13(14-7-5-8-16(10-14)20-2)19-12-17-11-15-6-3-4-9-18(15)21-17/h3-11,13,19H,12H2,1-2H3. The fraction of sp³-hybridized carbons (Fsp3) is 0.222. The molecule has 3 aromatic rings. The molecule has 1 N–H and O–H groups in total. The van der Waals surface area contributed by atoms with Gasteiger partial charge in [-0.15, -0.1) is 0 Å². The summed E-state index contributed by atoms with van der Waals surface area (Å²) < 4.78 is 11.1. The van der Waals surface area contributed by atoms with Crippen LogP contribution in [-0.2, 0) is 6.54 Å². The van der Waals surface area contributed by atoms with Crippen LogP contribution in [0.1, 0.15) is 24.3 Å². The van der Waals surface area contributed by atoms with E-state index in [1.165, 1.54) is 5.56 Å². The van der Waals surface area contributed by atoms with Crippen molar-refractivity contribution in [2.24, 2.45) is 0 Å². The molecule has 0 aliphatic rings. The Labute approximate surface area is 124 Å². The second kappa shape index (κ2) is 6.02. The number of rotatable bonds is 5. The van der Waals surface area contributed by atoms with Gasteiger partial charge in [0.1, 0.15) is 17.1 Å². The summed E-state index contributed by atoms with van der Waals surface area (Å²) in [4.78, 5) is 0. The summed E-state index contributed by atoms with van der Waals surface area (Å²) in [7, 11) is 1.69. The van der Waals surface area contributed by atoms with Gasteiger partial charge in [-0.2, -0.15) is 0 Å². The maximum absolute atomic E-state index is 5.81. The molecule has 0 fully saturated rings. The van der Waals surface area contributed by atoms with Crippen molar-refractivity contribution >= 4 is 11.0 Å². The predicted molar refractivity (Wildman–Crippen MR) is 84.5 cm³/mol. The maximum atomic E-state index is 5.81. The minimum absolute atomic E-state index is 0.230. The van der Waals surface area contributed by atoms with Gasteiger partial charge >= 0.3 is 0 Å². The fourth-order valence-electron chi connectivity index (χ4n) is 2.41. The van der Waals surface area contributed by atoms with Crippen molar-refractivity contribution in [2.45, 2.75) is 19.5 Å². The van der Waals surface area contributed by atoms with Crippen LogP contribution >= 0.6 is 0 Å². The Morgan fingerprint density at radius 3 is 2.76 bits per heavy atom. The molecule has 2 aromatic carbocycles. The van der Waals surface area contributed by atoms with Crippen molar-refractivity contribution in [2.75, 3.05) is 7.11 Å².